The molecule has 1 N–H and O–H groups in total. The molecule has 158 valence electrons. The number of hydrogen-bond acceptors (Lipinski definition) is 7. The van der Waals surface area contributed by atoms with E-state index in [1.165, 1.54) is 0 Å². The van der Waals surface area contributed by atoms with E-state index in [2.05, 4.69) is 15.3 Å². The summed E-state index contributed by atoms with van der Waals surface area (Å²) in [6.45, 7) is 3.95. The molecule has 0 saturated heterocycles. The van der Waals surface area contributed by atoms with Gasteiger partial charge in [-0.05, 0) is 50.3 Å². The molecular formula is C21H24N4O4S. The van der Waals surface area contributed by atoms with E-state index in [0.29, 0.717) is 27.8 Å². The zero-order chi connectivity index (χ0) is 21.7. The lowest BCUT2D eigenvalue weighted by molar-refractivity contribution is 0.242. The summed E-state index contributed by atoms with van der Waals surface area (Å²) in [4.78, 5) is 0. The number of nitrogens with one attached hydrogen (secondary N) is 1. The molecule has 0 aliphatic carbocycles. The maximum atomic E-state index is 5.77. The number of methoxy groups -OCH3 is 3. The van der Waals surface area contributed by atoms with Crippen molar-refractivity contribution in [3.8, 4) is 34.4 Å². The highest BCUT2D eigenvalue weighted by molar-refractivity contribution is 7.71. The van der Waals surface area contributed by atoms with Crippen LogP contribution in [0.4, 0.5) is 0 Å². The zero-order valence-electron chi connectivity index (χ0n) is 17.5. The molecule has 0 bridgehead atoms. The second-order valence-corrected chi connectivity index (χ2v) is 6.95. The van der Waals surface area contributed by atoms with Crippen molar-refractivity contribution in [2.24, 2.45) is 5.10 Å². The third-order valence-corrected chi connectivity index (χ3v) is 4.39. The molecule has 0 unspecified atom stereocenters. The highest BCUT2D eigenvalue weighted by atomic mass is 32.1. The van der Waals surface area contributed by atoms with Gasteiger partial charge in [0.05, 0.1) is 33.6 Å². The first-order valence-corrected chi connectivity index (χ1v) is 9.66. The van der Waals surface area contributed by atoms with Gasteiger partial charge in [-0.2, -0.15) is 14.9 Å². The van der Waals surface area contributed by atoms with E-state index in [-0.39, 0.29) is 6.10 Å². The maximum Gasteiger partial charge on any atom is 0.216 e. The van der Waals surface area contributed by atoms with E-state index in [9.17, 15) is 0 Å². The minimum absolute atomic E-state index is 0.0686. The van der Waals surface area contributed by atoms with Crippen molar-refractivity contribution in [1.82, 2.24) is 14.9 Å². The zero-order valence-corrected chi connectivity index (χ0v) is 18.3. The summed E-state index contributed by atoms with van der Waals surface area (Å²) >= 11 is 5.36. The third kappa shape index (κ3) is 4.62. The van der Waals surface area contributed by atoms with Crippen molar-refractivity contribution < 1.29 is 18.9 Å². The summed E-state index contributed by atoms with van der Waals surface area (Å²) in [5.41, 5.74) is 1.57. The lowest BCUT2D eigenvalue weighted by Gasteiger charge is -2.12. The number of aromatic nitrogens is 3. The highest BCUT2D eigenvalue weighted by Crippen LogP contribution is 2.37. The molecule has 0 fully saturated rings. The largest absolute Gasteiger partial charge is 0.493 e. The van der Waals surface area contributed by atoms with E-state index in [0.717, 1.165) is 16.9 Å². The van der Waals surface area contributed by atoms with E-state index in [1.54, 1.807) is 44.4 Å². The molecule has 9 heteroatoms. The number of H-pyrrole nitrogens is 1. The van der Waals surface area contributed by atoms with Crippen LogP contribution in [0, 0.1) is 4.77 Å². The van der Waals surface area contributed by atoms with E-state index >= 15 is 0 Å². The molecule has 8 nitrogen and oxygen atoms in total. The maximum absolute atomic E-state index is 5.77. The molecule has 0 atom stereocenters. The first-order chi connectivity index (χ1) is 14.5. The molecule has 1 heterocycles. The smallest absolute Gasteiger partial charge is 0.216 e. The fourth-order valence-corrected chi connectivity index (χ4v) is 3.05. The first-order valence-electron chi connectivity index (χ1n) is 9.25. The van der Waals surface area contributed by atoms with Crippen LogP contribution in [-0.4, -0.2) is 48.5 Å². The summed E-state index contributed by atoms with van der Waals surface area (Å²) in [6.07, 6.45) is 1.72. The average Bonchev–Trinajstić information content (AvgIpc) is 3.11. The molecule has 0 radical (unpaired) electrons. The van der Waals surface area contributed by atoms with Crippen molar-refractivity contribution in [2.45, 2.75) is 20.0 Å². The minimum Gasteiger partial charge on any atom is -0.493 e. The van der Waals surface area contributed by atoms with Crippen molar-refractivity contribution in [2.75, 3.05) is 21.3 Å². The molecule has 0 aliphatic rings. The van der Waals surface area contributed by atoms with Gasteiger partial charge in [0, 0.05) is 11.1 Å². The average molecular weight is 429 g/mol. The van der Waals surface area contributed by atoms with Gasteiger partial charge in [-0.3, -0.25) is 0 Å². The number of hydrogen-bond donors (Lipinski definition) is 1. The Hall–Kier alpha value is -3.33. The molecule has 3 aromatic rings. The number of ether oxygens (including phenoxy) is 4. The van der Waals surface area contributed by atoms with Gasteiger partial charge in [-0.25, -0.2) is 5.10 Å². The van der Waals surface area contributed by atoms with Crippen LogP contribution in [0.3, 0.4) is 0 Å². The normalized spacial score (nSPS) is 11.1. The van der Waals surface area contributed by atoms with Crippen molar-refractivity contribution in [3.63, 3.8) is 0 Å². The van der Waals surface area contributed by atoms with Crippen LogP contribution in [-0.2, 0) is 0 Å². The summed E-state index contributed by atoms with van der Waals surface area (Å²) in [5, 5.41) is 11.6. The molecule has 2 aromatic carbocycles. The molecular weight excluding hydrogens is 404 g/mol. The lowest BCUT2D eigenvalue weighted by atomic mass is 10.2. The molecule has 0 aliphatic heterocycles. The Bertz CT molecular complexity index is 1080. The fourth-order valence-electron chi connectivity index (χ4n) is 2.87. The van der Waals surface area contributed by atoms with E-state index in [4.69, 9.17) is 31.2 Å². The number of benzene rings is 2. The SMILES string of the molecule is COc1cc(C=Nn2c(-c3cccc(OC(C)C)c3)n[nH]c2=S)cc(OC)c1OC. The van der Waals surface area contributed by atoms with Gasteiger partial charge in [-0.15, -0.1) is 0 Å². The second-order valence-electron chi connectivity index (χ2n) is 6.56. The standard InChI is InChI=1S/C21H24N4O4S/c1-13(2)29-16-8-6-7-15(11-16)20-23-24-21(30)25(20)22-12-14-9-17(26-3)19(28-5)18(10-14)27-4/h6-13H,1-5H3,(H,24,30). The number of aromatic amines is 1. The van der Waals surface area contributed by atoms with Gasteiger partial charge in [0.2, 0.25) is 10.5 Å². The van der Waals surface area contributed by atoms with Gasteiger partial charge in [0.25, 0.3) is 0 Å². The van der Waals surface area contributed by atoms with Crippen molar-refractivity contribution in [3.05, 3.63) is 46.7 Å². The quantitative estimate of drug-likeness (QED) is 0.425. The Morgan fingerprint density at radius 2 is 1.77 bits per heavy atom. The van der Waals surface area contributed by atoms with Crippen LogP contribution in [0.25, 0.3) is 11.4 Å². The predicted molar refractivity (Wildman–Crippen MR) is 118 cm³/mol. The summed E-state index contributed by atoms with van der Waals surface area (Å²) < 4.78 is 23.8. The van der Waals surface area contributed by atoms with Crippen LogP contribution in [0.15, 0.2) is 41.5 Å². The predicted octanol–water partition coefficient (Wildman–Crippen LogP) is 4.30. The van der Waals surface area contributed by atoms with Crippen molar-refractivity contribution >= 4 is 18.4 Å². The molecule has 0 spiro atoms. The minimum atomic E-state index is 0.0686. The Balaban J connectivity index is 1.99. The second kappa shape index (κ2) is 9.45. The molecule has 30 heavy (non-hydrogen) atoms. The monoisotopic (exact) mass is 428 g/mol. The Labute approximate surface area is 180 Å². The summed E-state index contributed by atoms with van der Waals surface area (Å²) in [7, 11) is 4.69. The van der Waals surface area contributed by atoms with Gasteiger partial charge in [0.1, 0.15) is 5.75 Å². The van der Waals surface area contributed by atoms with Crippen molar-refractivity contribution in [1.29, 1.82) is 0 Å². The highest BCUT2D eigenvalue weighted by Gasteiger charge is 2.13. The Morgan fingerprint density at radius 3 is 2.37 bits per heavy atom. The molecule has 0 saturated carbocycles. The van der Waals surface area contributed by atoms with E-state index < -0.39 is 0 Å². The van der Waals surface area contributed by atoms with Crippen LogP contribution in [0.5, 0.6) is 23.0 Å². The molecule has 1 aromatic heterocycles. The number of rotatable bonds is 8. The van der Waals surface area contributed by atoms with Gasteiger partial charge >= 0.3 is 0 Å². The summed E-state index contributed by atoms with van der Waals surface area (Å²) in [5.74, 6) is 2.90. The Kier molecular flexibility index (Phi) is 6.73. The Morgan fingerprint density at radius 1 is 1.07 bits per heavy atom. The van der Waals surface area contributed by atoms with Gasteiger partial charge < -0.3 is 18.9 Å². The first kappa shape index (κ1) is 21.4. The van der Waals surface area contributed by atoms with Gasteiger partial charge in [-0.1, -0.05) is 12.1 Å². The number of nitrogens with zero attached hydrogens (tertiary/aromatic N) is 3. The van der Waals surface area contributed by atoms with Crippen LogP contribution in [0.2, 0.25) is 0 Å². The van der Waals surface area contributed by atoms with Gasteiger partial charge in [0.15, 0.2) is 17.3 Å². The summed E-state index contributed by atoms with van der Waals surface area (Å²) in [6, 6.07) is 11.2. The molecule has 3 rings (SSSR count). The van der Waals surface area contributed by atoms with Crippen LogP contribution >= 0.6 is 12.2 Å². The van der Waals surface area contributed by atoms with Crippen LogP contribution in [0.1, 0.15) is 19.4 Å². The topological polar surface area (TPSA) is 82.9 Å². The third-order valence-electron chi connectivity index (χ3n) is 4.12. The molecule has 0 amide bonds. The van der Waals surface area contributed by atoms with E-state index in [1.807, 2.05) is 38.1 Å². The lowest BCUT2D eigenvalue weighted by Crippen LogP contribution is -2.05. The van der Waals surface area contributed by atoms with Crippen LogP contribution < -0.4 is 18.9 Å². The fraction of sp³-hybridized carbons (Fsp3) is 0.286.